The van der Waals surface area contributed by atoms with Crippen LogP contribution in [0.2, 0.25) is 0 Å². The summed E-state index contributed by atoms with van der Waals surface area (Å²) in [5.74, 6) is 0.913. The molecule has 2 aromatic rings. The summed E-state index contributed by atoms with van der Waals surface area (Å²) in [6, 6.07) is 15.4. The highest BCUT2D eigenvalue weighted by Crippen LogP contribution is 2.30. The van der Waals surface area contributed by atoms with E-state index in [0.717, 1.165) is 16.8 Å². The summed E-state index contributed by atoms with van der Waals surface area (Å²) in [6.07, 6.45) is 2.60. The minimum Gasteiger partial charge on any atom is -0.497 e. The number of hydrogen-bond donors (Lipinski definition) is 1. The van der Waals surface area contributed by atoms with Crippen LogP contribution in [0.15, 0.2) is 46.9 Å². The van der Waals surface area contributed by atoms with E-state index >= 15 is 0 Å². The van der Waals surface area contributed by atoms with Crippen molar-refractivity contribution in [3.8, 4) is 16.9 Å². The van der Waals surface area contributed by atoms with Crippen molar-refractivity contribution < 1.29 is 4.74 Å². The van der Waals surface area contributed by atoms with Gasteiger partial charge in [-0.15, -0.1) is 0 Å². The second-order valence-electron chi connectivity index (χ2n) is 5.19. The first kappa shape index (κ1) is 13.7. The van der Waals surface area contributed by atoms with Gasteiger partial charge >= 0.3 is 0 Å². The summed E-state index contributed by atoms with van der Waals surface area (Å²) in [6.45, 7) is 0.893. The van der Waals surface area contributed by atoms with Crippen LogP contribution in [0.1, 0.15) is 18.4 Å². The van der Waals surface area contributed by atoms with Crippen LogP contribution >= 0.6 is 15.9 Å². The molecular formula is C17H18BrNO. The molecule has 0 spiro atoms. The molecule has 20 heavy (non-hydrogen) atoms. The zero-order valence-corrected chi connectivity index (χ0v) is 13.1. The normalized spacial score (nSPS) is 14.3. The van der Waals surface area contributed by atoms with E-state index in [-0.39, 0.29) is 0 Å². The number of methoxy groups -OCH3 is 1. The highest BCUT2D eigenvalue weighted by atomic mass is 79.9. The van der Waals surface area contributed by atoms with Crippen molar-refractivity contribution in [2.45, 2.75) is 25.4 Å². The van der Waals surface area contributed by atoms with Crippen molar-refractivity contribution in [3.05, 3.63) is 52.5 Å². The van der Waals surface area contributed by atoms with Crippen molar-refractivity contribution in [2.75, 3.05) is 7.11 Å². The summed E-state index contributed by atoms with van der Waals surface area (Å²) in [4.78, 5) is 0. The molecule has 1 N–H and O–H groups in total. The van der Waals surface area contributed by atoms with Crippen LogP contribution in [0.4, 0.5) is 0 Å². The number of ether oxygens (including phenoxy) is 1. The van der Waals surface area contributed by atoms with Crippen molar-refractivity contribution in [3.63, 3.8) is 0 Å². The Morgan fingerprint density at radius 3 is 2.75 bits per heavy atom. The van der Waals surface area contributed by atoms with Crippen molar-refractivity contribution in [2.24, 2.45) is 0 Å². The highest BCUT2D eigenvalue weighted by Gasteiger charge is 2.20. The van der Waals surface area contributed by atoms with E-state index in [9.17, 15) is 0 Å². The first-order valence-electron chi connectivity index (χ1n) is 6.92. The Labute approximate surface area is 128 Å². The van der Waals surface area contributed by atoms with Crippen LogP contribution in [-0.4, -0.2) is 13.2 Å². The van der Waals surface area contributed by atoms with Gasteiger partial charge in [0.1, 0.15) is 5.75 Å². The van der Waals surface area contributed by atoms with Crippen LogP contribution in [0, 0.1) is 0 Å². The van der Waals surface area contributed by atoms with Gasteiger partial charge < -0.3 is 10.1 Å². The van der Waals surface area contributed by atoms with E-state index < -0.39 is 0 Å². The zero-order chi connectivity index (χ0) is 13.9. The summed E-state index contributed by atoms with van der Waals surface area (Å²) in [7, 11) is 1.71. The van der Waals surface area contributed by atoms with Crippen LogP contribution in [-0.2, 0) is 6.54 Å². The molecule has 0 radical (unpaired) electrons. The molecule has 3 heteroatoms. The summed E-state index contributed by atoms with van der Waals surface area (Å²) < 4.78 is 6.46. The van der Waals surface area contributed by atoms with Gasteiger partial charge in [0.05, 0.1) is 7.11 Å². The largest absolute Gasteiger partial charge is 0.497 e. The molecule has 0 unspecified atom stereocenters. The van der Waals surface area contributed by atoms with Gasteiger partial charge in [-0.25, -0.2) is 0 Å². The molecule has 1 aliphatic carbocycles. The predicted octanol–water partition coefficient (Wildman–Crippen LogP) is 4.38. The number of hydrogen-bond acceptors (Lipinski definition) is 2. The van der Waals surface area contributed by atoms with E-state index in [0.29, 0.717) is 6.04 Å². The maximum absolute atomic E-state index is 5.35. The molecule has 1 fully saturated rings. The molecule has 1 saturated carbocycles. The lowest BCUT2D eigenvalue weighted by Crippen LogP contribution is -2.16. The number of nitrogens with one attached hydrogen (secondary N) is 1. The fourth-order valence-electron chi connectivity index (χ4n) is 2.32. The molecule has 1 aliphatic rings. The number of halogens is 1. The van der Waals surface area contributed by atoms with Gasteiger partial charge in [0.15, 0.2) is 0 Å². The first-order chi connectivity index (χ1) is 9.76. The van der Waals surface area contributed by atoms with Crippen LogP contribution in [0.25, 0.3) is 11.1 Å². The molecule has 0 atom stereocenters. The molecule has 0 bridgehead atoms. The molecular weight excluding hydrogens is 314 g/mol. The topological polar surface area (TPSA) is 21.3 Å². The Kier molecular flexibility index (Phi) is 4.08. The van der Waals surface area contributed by atoms with Crippen LogP contribution in [0.3, 0.4) is 0 Å². The third kappa shape index (κ3) is 3.22. The van der Waals surface area contributed by atoms with Gasteiger partial charge in [0.2, 0.25) is 0 Å². The molecule has 3 rings (SSSR count). The van der Waals surface area contributed by atoms with Gasteiger partial charge in [-0.3, -0.25) is 0 Å². The Balaban J connectivity index is 1.94. The lowest BCUT2D eigenvalue weighted by molar-refractivity contribution is 0.414. The highest BCUT2D eigenvalue weighted by molar-refractivity contribution is 9.10. The minimum absolute atomic E-state index is 0.705. The van der Waals surface area contributed by atoms with Gasteiger partial charge in [0, 0.05) is 17.1 Å². The molecule has 2 nitrogen and oxygen atoms in total. The van der Waals surface area contributed by atoms with Gasteiger partial charge in [-0.2, -0.15) is 0 Å². The Bertz CT molecular complexity index is 608. The quantitative estimate of drug-likeness (QED) is 0.877. The van der Waals surface area contributed by atoms with E-state index in [1.54, 1.807) is 7.11 Å². The molecule has 0 amide bonds. The number of benzene rings is 2. The van der Waals surface area contributed by atoms with Crippen molar-refractivity contribution >= 4 is 15.9 Å². The third-order valence-corrected chi connectivity index (χ3v) is 4.10. The first-order valence-corrected chi connectivity index (χ1v) is 7.72. The monoisotopic (exact) mass is 331 g/mol. The lowest BCUT2D eigenvalue weighted by Gasteiger charge is -2.13. The standard InChI is InChI=1S/C17H18BrNO/c1-20-16-7-8-17(12-3-2-4-14(18)9-12)13(10-16)11-19-15-5-6-15/h2-4,7-10,15,19H,5-6,11H2,1H3. The van der Waals surface area contributed by atoms with Gasteiger partial charge in [-0.05, 0) is 53.8 Å². The van der Waals surface area contributed by atoms with E-state index in [2.05, 4.69) is 57.6 Å². The van der Waals surface area contributed by atoms with Gasteiger partial charge in [0.25, 0.3) is 0 Å². The van der Waals surface area contributed by atoms with E-state index in [1.165, 1.54) is 29.5 Å². The predicted molar refractivity (Wildman–Crippen MR) is 86.0 cm³/mol. The Morgan fingerprint density at radius 2 is 2.05 bits per heavy atom. The minimum atomic E-state index is 0.705. The fraction of sp³-hybridized carbons (Fsp3) is 0.294. The van der Waals surface area contributed by atoms with Crippen LogP contribution in [0.5, 0.6) is 5.75 Å². The average Bonchev–Trinajstić information content (AvgIpc) is 3.29. The molecule has 0 saturated heterocycles. The smallest absolute Gasteiger partial charge is 0.119 e. The summed E-state index contributed by atoms with van der Waals surface area (Å²) in [5, 5.41) is 3.58. The molecule has 0 aromatic heterocycles. The van der Waals surface area contributed by atoms with Crippen LogP contribution < -0.4 is 10.1 Å². The third-order valence-electron chi connectivity index (χ3n) is 3.61. The van der Waals surface area contributed by atoms with E-state index in [1.807, 2.05) is 6.07 Å². The van der Waals surface area contributed by atoms with Crippen molar-refractivity contribution in [1.29, 1.82) is 0 Å². The average molecular weight is 332 g/mol. The molecule has 0 heterocycles. The maximum atomic E-state index is 5.35. The number of rotatable bonds is 5. The molecule has 104 valence electrons. The molecule has 2 aromatic carbocycles. The second kappa shape index (κ2) is 5.98. The SMILES string of the molecule is COc1ccc(-c2cccc(Br)c2)c(CNC2CC2)c1. The molecule has 0 aliphatic heterocycles. The second-order valence-corrected chi connectivity index (χ2v) is 6.10. The Hall–Kier alpha value is -1.32. The van der Waals surface area contributed by atoms with Gasteiger partial charge in [-0.1, -0.05) is 34.1 Å². The summed E-state index contributed by atoms with van der Waals surface area (Å²) >= 11 is 3.54. The maximum Gasteiger partial charge on any atom is 0.119 e. The Morgan fingerprint density at radius 1 is 1.20 bits per heavy atom. The lowest BCUT2D eigenvalue weighted by atomic mass is 9.99. The fourth-order valence-corrected chi connectivity index (χ4v) is 2.72. The van der Waals surface area contributed by atoms with Crippen molar-refractivity contribution in [1.82, 2.24) is 5.32 Å². The zero-order valence-electron chi connectivity index (χ0n) is 11.5. The van der Waals surface area contributed by atoms with E-state index in [4.69, 9.17) is 4.74 Å². The summed E-state index contributed by atoms with van der Waals surface area (Å²) in [5.41, 5.74) is 3.78.